The van der Waals surface area contributed by atoms with Crippen molar-refractivity contribution in [3.8, 4) is 11.5 Å². The standard InChI is InChI=1S/C20H26N6O/c1-5-21-20(23-12-18-14(2)25-26(4)15(18)3)22-11-17-13-27-19(24-17)16-9-7-6-8-10-16/h6-10,13H,5,11-12H2,1-4H3,(H2,21,22,23). The number of benzene rings is 1. The van der Waals surface area contributed by atoms with Crippen LogP contribution >= 0.6 is 0 Å². The maximum atomic E-state index is 5.58. The van der Waals surface area contributed by atoms with E-state index in [1.807, 2.05) is 55.9 Å². The quantitative estimate of drug-likeness (QED) is 0.518. The zero-order valence-corrected chi connectivity index (χ0v) is 16.3. The van der Waals surface area contributed by atoms with E-state index in [1.165, 1.54) is 0 Å². The maximum Gasteiger partial charge on any atom is 0.226 e. The highest BCUT2D eigenvalue weighted by molar-refractivity contribution is 5.79. The molecule has 0 spiro atoms. The Bertz CT molecular complexity index is 910. The molecule has 0 aliphatic carbocycles. The van der Waals surface area contributed by atoms with Gasteiger partial charge >= 0.3 is 0 Å². The number of hydrogen-bond acceptors (Lipinski definition) is 4. The minimum absolute atomic E-state index is 0.535. The highest BCUT2D eigenvalue weighted by atomic mass is 16.3. The fourth-order valence-electron chi connectivity index (χ4n) is 2.82. The maximum absolute atomic E-state index is 5.58. The molecule has 7 nitrogen and oxygen atoms in total. The van der Waals surface area contributed by atoms with Gasteiger partial charge in [0.15, 0.2) is 5.96 Å². The monoisotopic (exact) mass is 366 g/mol. The number of rotatable bonds is 6. The molecular formula is C20H26N6O. The minimum atomic E-state index is 0.535. The van der Waals surface area contributed by atoms with Crippen LogP contribution in [0.2, 0.25) is 0 Å². The van der Waals surface area contributed by atoms with Crippen LogP contribution < -0.4 is 10.6 Å². The van der Waals surface area contributed by atoms with Gasteiger partial charge in [-0.2, -0.15) is 5.10 Å². The van der Waals surface area contributed by atoms with Gasteiger partial charge in [-0.1, -0.05) is 18.2 Å². The van der Waals surface area contributed by atoms with Gasteiger partial charge in [0.25, 0.3) is 0 Å². The number of nitrogens with zero attached hydrogens (tertiary/aromatic N) is 4. The summed E-state index contributed by atoms with van der Waals surface area (Å²) in [5.41, 5.74) is 5.09. The minimum Gasteiger partial charge on any atom is -0.444 e. The lowest BCUT2D eigenvalue weighted by Gasteiger charge is -2.10. The first-order chi connectivity index (χ1) is 13.1. The molecule has 0 saturated carbocycles. The van der Waals surface area contributed by atoms with Crippen LogP contribution in [0.4, 0.5) is 0 Å². The third kappa shape index (κ3) is 4.55. The van der Waals surface area contributed by atoms with Gasteiger partial charge in [-0.25, -0.2) is 9.98 Å². The summed E-state index contributed by atoms with van der Waals surface area (Å²) < 4.78 is 7.47. The lowest BCUT2D eigenvalue weighted by atomic mass is 10.2. The molecule has 0 saturated heterocycles. The van der Waals surface area contributed by atoms with Gasteiger partial charge < -0.3 is 15.1 Å². The van der Waals surface area contributed by atoms with Gasteiger partial charge in [0, 0.05) is 30.4 Å². The van der Waals surface area contributed by atoms with E-state index in [0.29, 0.717) is 19.0 Å². The summed E-state index contributed by atoms with van der Waals surface area (Å²) in [5, 5.41) is 11.0. The first-order valence-corrected chi connectivity index (χ1v) is 9.09. The Balaban J connectivity index is 1.65. The highest BCUT2D eigenvalue weighted by Gasteiger charge is 2.10. The van der Waals surface area contributed by atoms with Crippen LogP contribution in [0.15, 0.2) is 46.0 Å². The van der Waals surface area contributed by atoms with Crippen molar-refractivity contribution in [3.05, 3.63) is 59.2 Å². The molecule has 0 unspecified atom stereocenters. The Kier molecular flexibility index (Phi) is 5.90. The molecule has 2 N–H and O–H groups in total. The van der Waals surface area contributed by atoms with Crippen molar-refractivity contribution in [2.75, 3.05) is 6.54 Å². The van der Waals surface area contributed by atoms with Crippen molar-refractivity contribution in [1.82, 2.24) is 25.4 Å². The summed E-state index contributed by atoms with van der Waals surface area (Å²) in [4.78, 5) is 9.22. The lowest BCUT2D eigenvalue weighted by molar-refractivity contribution is 0.572. The predicted molar refractivity (Wildman–Crippen MR) is 106 cm³/mol. The van der Waals surface area contributed by atoms with Crippen LogP contribution in [0.25, 0.3) is 11.5 Å². The molecule has 3 rings (SSSR count). The molecule has 7 heteroatoms. The number of aromatic nitrogens is 3. The van der Waals surface area contributed by atoms with Gasteiger partial charge in [0.2, 0.25) is 5.89 Å². The zero-order chi connectivity index (χ0) is 19.2. The van der Waals surface area contributed by atoms with Gasteiger partial charge in [-0.15, -0.1) is 0 Å². The lowest BCUT2D eigenvalue weighted by Crippen LogP contribution is -2.36. The van der Waals surface area contributed by atoms with Crippen LogP contribution in [0.5, 0.6) is 0 Å². The van der Waals surface area contributed by atoms with Crippen LogP contribution in [0.3, 0.4) is 0 Å². The second kappa shape index (κ2) is 8.53. The third-order valence-corrected chi connectivity index (χ3v) is 4.41. The van der Waals surface area contributed by atoms with Crippen LogP contribution in [-0.2, 0) is 20.1 Å². The van der Waals surface area contributed by atoms with Gasteiger partial charge in [0.05, 0.1) is 24.5 Å². The first-order valence-electron chi connectivity index (χ1n) is 9.09. The zero-order valence-electron chi connectivity index (χ0n) is 16.3. The molecule has 0 fully saturated rings. The van der Waals surface area contributed by atoms with E-state index in [0.717, 1.165) is 40.7 Å². The number of nitrogens with one attached hydrogen (secondary N) is 2. The second-order valence-electron chi connectivity index (χ2n) is 6.33. The Morgan fingerprint density at radius 2 is 1.96 bits per heavy atom. The van der Waals surface area contributed by atoms with E-state index >= 15 is 0 Å². The summed E-state index contributed by atoms with van der Waals surface area (Å²) in [6.45, 7) is 8.01. The molecule has 2 aromatic heterocycles. The molecule has 0 bridgehead atoms. The summed E-state index contributed by atoms with van der Waals surface area (Å²) in [6, 6.07) is 9.87. The van der Waals surface area contributed by atoms with E-state index in [-0.39, 0.29) is 0 Å². The van der Waals surface area contributed by atoms with Crippen molar-refractivity contribution in [1.29, 1.82) is 0 Å². The Labute approximate surface area is 159 Å². The van der Waals surface area contributed by atoms with E-state index in [9.17, 15) is 0 Å². The van der Waals surface area contributed by atoms with Crippen molar-refractivity contribution >= 4 is 5.96 Å². The number of oxazole rings is 1. The smallest absolute Gasteiger partial charge is 0.226 e. The largest absolute Gasteiger partial charge is 0.444 e. The van der Waals surface area contributed by atoms with Gasteiger partial charge in [-0.3, -0.25) is 4.68 Å². The molecule has 142 valence electrons. The van der Waals surface area contributed by atoms with Crippen molar-refractivity contribution < 1.29 is 4.42 Å². The average Bonchev–Trinajstić information content (AvgIpc) is 3.24. The molecule has 0 aliphatic heterocycles. The number of aliphatic imine (C=N–C) groups is 1. The first kappa shape index (κ1) is 18.7. The Morgan fingerprint density at radius 1 is 1.19 bits per heavy atom. The van der Waals surface area contributed by atoms with E-state index in [1.54, 1.807) is 6.26 Å². The number of hydrogen-bond donors (Lipinski definition) is 2. The normalized spacial score (nSPS) is 11.6. The summed E-state index contributed by atoms with van der Waals surface area (Å²) in [5.74, 6) is 1.36. The molecule has 0 aliphatic rings. The van der Waals surface area contributed by atoms with Crippen molar-refractivity contribution in [3.63, 3.8) is 0 Å². The van der Waals surface area contributed by atoms with Gasteiger partial charge in [0.1, 0.15) is 6.26 Å². The molecule has 27 heavy (non-hydrogen) atoms. The molecule has 2 heterocycles. The van der Waals surface area contributed by atoms with Crippen molar-refractivity contribution in [2.45, 2.75) is 33.9 Å². The molecule has 3 aromatic rings. The van der Waals surface area contributed by atoms with Crippen LogP contribution in [0.1, 0.15) is 29.6 Å². The molecule has 0 atom stereocenters. The van der Waals surface area contributed by atoms with E-state index in [2.05, 4.69) is 32.6 Å². The fourth-order valence-corrected chi connectivity index (χ4v) is 2.82. The Morgan fingerprint density at radius 3 is 2.63 bits per heavy atom. The fraction of sp³-hybridized carbons (Fsp3) is 0.350. The third-order valence-electron chi connectivity index (χ3n) is 4.41. The predicted octanol–water partition coefficient (Wildman–Crippen LogP) is 2.95. The SMILES string of the molecule is CCNC(=NCc1c(C)nn(C)c1C)NCc1coc(-c2ccccc2)n1. The highest BCUT2D eigenvalue weighted by Crippen LogP contribution is 2.17. The summed E-state index contributed by atoms with van der Waals surface area (Å²) >= 11 is 0. The molecule has 1 aromatic carbocycles. The van der Waals surface area contributed by atoms with E-state index < -0.39 is 0 Å². The average molecular weight is 366 g/mol. The van der Waals surface area contributed by atoms with Gasteiger partial charge in [-0.05, 0) is 32.9 Å². The molecular weight excluding hydrogens is 340 g/mol. The number of aryl methyl sites for hydroxylation is 2. The van der Waals surface area contributed by atoms with Crippen LogP contribution in [0, 0.1) is 13.8 Å². The summed E-state index contributed by atoms with van der Waals surface area (Å²) in [6.07, 6.45) is 1.67. The number of guanidine groups is 1. The van der Waals surface area contributed by atoms with Crippen LogP contribution in [-0.4, -0.2) is 27.3 Å². The van der Waals surface area contributed by atoms with Crippen molar-refractivity contribution in [2.24, 2.45) is 12.0 Å². The second-order valence-corrected chi connectivity index (χ2v) is 6.33. The topological polar surface area (TPSA) is 80.3 Å². The van der Waals surface area contributed by atoms with E-state index in [4.69, 9.17) is 4.42 Å². The Hall–Kier alpha value is -3.09. The molecule has 0 amide bonds. The molecule has 0 radical (unpaired) electrons. The summed E-state index contributed by atoms with van der Waals surface area (Å²) in [7, 11) is 1.95.